The smallest absolute Gasteiger partial charge is 0.287 e. The fraction of sp³-hybridized carbons (Fsp3) is 0.286. The molecule has 0 saturated heterocycles. The van der Waals surface area contributed by atoms with E-state index in [0.717, 1.165) is 18.2 Å². The summed E-state index contributed by atoms with van der Waals surface area (Å²) < 4.78 is 11.7. The van der Waals surface area contributed by atoms with Crippen molar-refractivity contribution < 1.29 is 13.9 Å². The fourth-order valence-corrected chi connectivity index (χ4v) is 3.43. The highest BCUT2D eigenvalue weighted by molar-refractivity contribution is 6.32. The van der Waals surface area contributed by atoms with E-state index in [-0.39, 0.29) is 36.7 Å². The fourth-order valence-electron chi connectivity index (χ4n) is 3.24. The quantitative estimate of drug-likeness (QED) is 0.587. The molecule has 0 bridgehead atoms. The average molecular weight is 421 g/mol. The van der Waals surface area contributed by atoms with E-state index < -0.39 is 0 Å². The standard InChI is InChI=1S/C21H21ClN2O3.ClH/c22-16-6-2-4-8-19(16)26-12-15-14-5-1-3-7-18(14)27-20(15)21(25)24-17(11-23)13-9-10-13;/h1-8,13,17H,9-12,23H2,(H,24,25);1H. The number of hydrogen-bond donors (Lipinski definition) is 2. The van der Waals surface area contributed by atoms with Gasteiger partial charge in [-0.15, -0.1) is 12.4 Å². The first-order chi connectivity index (χ1) is 13.2. The molecule has 1 atom stereocenters. The van der Waals surface area contributed by atoms with Crippen molar-refractivity contribution in [1.29, 1.82) is 0 Å². The monoisotopic (exact) mass is 420 g/mol. The van der Waals surface area contributed by atoms with Gasteiger partial charge in [-0.1, -0.05) is 41.9 Å². The van der Waals surface area contributed by atoms with E-state index in [1.807, 2.05) is 36.4 Å². The van der Waals surface area contributed by atoms with Gasteiger partial charge in [-0.25, -0.2) is 0 Å². The van der Waals surface area contributed by atoms with Crippen LogP contribution in [-0.2, 0) is 6.61 Å². The van der Waals surface area contributed by atoms with Crippen molar-refractivity contribution in [3.05, 3.63) is 64.9 Å². The molecule has 0 aliphatic heterocycles. The molecule has 3 aromatic rings. The number of furan rings is 1. The highest BCUT2D eigenvalue weighted by atomic mass is 35.5. The molecular formula is C21H22Cl2N2O3. The number of carbonyl (C=O) groups is 1. The van der Waals surface area contributed by atoms with E-state index in [4.69, 9.17) is 26.5 Å². The molecule has 0 radical (unpaired) electrons. The lowest BCUT2D eigenvalue weighted by Crippen LogP contribution is -2.41. The van der Waals surface area contributed by atoms with E-state index in [0.29, 0.717) is 34.4 Å². The molecule has 5 nitrogen and oxygen atoms in total. The first-order valence-electron chi connectivity index (χ1n) is 9.06. The predicted molar refractivity (Wildman–Crippen MR) is 112 cm³/mol. The van der Waals surface area contributed by atoms with Crippen LogP contribution in [0.2, 0.25) is 5.02 Å². The number of benzene rings is 2. The van der Waals surface area contributed by atoms with Crippen molar-refractivity contribution in [1.82, 2.24) is 5.32 Å². The number of carbonyl (C=O) groups excluding carboxylic acids is 1. The molecule has 1 aliphatic carbocycles. The number of hydrogen-bond acceptors (Lipinski definition) is 4. The first kappa shape index (κ1) is 20.5. The van der Waals surface area contributed by atoms with Crippen molar-refractivity contribution in [3.63, 3.8) is 0 Å². The van der Waals surface area contributed by atoms with Gasteiger partial charge in [0.05, 0.1) is 5.02 Å². The Kier molecular flexibility index (Phi) is 6.50. The van der Waals surface area contributed by atoms with Crippen molar-refractivity contribution in [2.75, 3.05) is 6.54 Å². The Morgan fingerprint density at radius 3 is 2.64 bits per heavy atom. The molecule has 1 saturated carbocycles. The minimum atomic E-state index is -0.258. The second kappa shape index (κ2) is 8.86. The molecule has 2 aromatic carbocycles. The van der Waals surface area contributed by atoms with E-state index >= 15 is 0 Å². The number of rotatable bonds is 7. The van der Waals surface area contributed by atoms with Gasteiger partial charge in [-0.2, -0.15) is 0 Å². The molecule has 1 heterocycles. The van der Waals surface area contributed by atoms with Crippen LogP contribution in [0.4, 0.5) is 0 Å². The second-order valence-electron chi connectivity index (χ2n) is 6.78. The summed E-state index contributed by atoms with van der Waals surface area (Å²) in [4.78, 5) is 12.9. The highest BCUT2D eigenvalue weighted by Crippen LogP contribution is 2.33. The minimum Gasteiger partial charge on any atom is -0.487 e. The van der Waals surface area contributed by atoms with Crippen LogP contribution in [0.25, 0.3) is 11.0 Å². The van der Waals surface area contributed by atoms with Crippen LogP contribution in [-0.4, -0.2) is 18.5 Å². The van der Waals surface area contributed by atoms with Gasteiger partial charge in [0.25, 0.3) is 5.91 Å². The molecule has 28 heavy (non-hydrogen) atoms. The van der Waals surface area contributed by atoms with Gasteiger partial charge in [-0.05, 0) is 37.0 Å². The van der Waals surface area contributed by atoms with Crippen molar-refractivity contribution in [3.8, 4) is 5.75 Å². The van der Waals surface area contributed by atoms with Gasteiger partial charge in [0.1, 0.15) is 17.9 Å². The topological polar surface area (TPSA) is 77.5 Å². The first-order valence-corrected chi connectivity index (χ1v) is 9.44. The molecule has 1 fully saturated rings. The lowest BCUT2D eigenvalue weighted by molar-refractivity contribution is 0.0904. The number of nitrogens with two attached hydrogens (primary N) is 1. The van der Waals surface area contributed by atoms with E-state index in [1.54, 1.807) is 12.1 Å². The molecule has 7 heteroatoms. The molecule has 1 aliphatic rings. The van der Waals surface area contributed by atoms with E-state index in [2.05, 4.69) is 5.32 Å². The van der Waals surface area contributed by atoms with E-state index in [1.165, 1.54) is 0 Å². The molecule has 0 spiro atoms. The number of fused-ring (bicyclic) bond motifs is 1. The Labute approximate surface area is 174 Å². The van der Waals surface area contributed by atoms with Gasteiger partial charge in [0, 0.05) is 23.5 Å². The molecule has 1 unspecified atom stereocenters. The number of nitrogens with one attached hydrogen (secondary N) is 1. The van der Waals surface area contributed by atoms with Gasteiger partial charge in [0.15, 0.2) is 5.76 Å². The Bertz CT molecular complexity index is 969. The zero-order valence-electron chi connectivity index (χ0n) is 15.2. The lowest BCUT2D eigenvalue weighted by Gasteiger charge is -2.15. The maximum absolute atomic E-state index is 12.9. The minimum absolute atomic E-state index is 0. The van der Waals surface area contributed by atoms with Gasteiger partial charge in [-0.3, -0.25) is 4.79 Å². The van der Waals surface area contributed by atoms with Crippen molar-refractivity contribution in [2.45, 2.75) is 25.5 Å². The summed E-state index contributed by atoms with van der Waals surface area (Å²) in [5.41, 5.74) is 7.17. The lowest BCUT2D eigenvalue weighted by atomic mass is 10.1. The maximum Gasteiger partial charge on any atom is 0.287 e. The summed E-state index contributed by atoms with van der Waals surface area (Å²) in [6, 6.07) is 14.8. The Morgan fingerprint density at radius 1 is 1.21 bits per heavy atom. The SMILES string of the molecule is Cl.NCC(NC(=O)c1oc2ccccc2c1COc1ccccc1Cl)C1CC1. The van der Waals surface area contributed by atoms with Gasteiger partial charge < -0.3 is 20.2 Å². The summed E-state index contributed by atoms with van der Waals surface area (Å²) in [7, 11) is 0. The summed E-state index contributed by atoms with van der Waals surface area (Å²) in [5.74, 6) is 1.04. The Balaban J connectivity index is 0.00000225. The molecular weight excluding hydrogens is 399 g/mol. The van der Waals surface area contributed by atoms with Gasteiger partial charge in [0.2, 0.25) is 0 Å². The summed E-state index contributed by atoms with van der Waals surface area (Å²) >= 11 is 6.17. The van der Waals surface area contributed by atoms with Crippen LogP contribution >= 0.6 is 24.0 Å². The molecule has 1 aromatic heterocycles. The van der Waals surface area contributed by atoms with E-state index in [9.17, 15) is 4.79 Å². The highest BCUT2D eigenvalue weighted by Gasteiger charge is 2.33. The van der Waals surface area contributed by atoms with Gasteiger partial charge >= 0.3 is 0 Å². The second-order valence-corrected chi connectivity index (χ2v) is 7.19. The Hall–Kier alpha value is -2.21. The summed E-state index contributed by atoms with van der Waals surface area (Å²) in [6.07, 6.45) is 2.20. The van der Waals surface area contributed by atoms with Crippen LogP contribution in [0.15, 0.2) is 52.9 Å². The molecule has 1 amide bonds. The van der Waals surface area contributed by atoms with Crippen molar-refractivity contribution >= 4 is 40.9 Å². The summed E-state index contributed by atoms with van der Waals surface area (Å²) in [5, 5.41) is 4.39. The number of halogens is 2. The third-order valence-corrected chi connectivity index (χ3v) is 5.19. The third-order valence-electron chi connectivity index (χ3n) is 4.87. The Morgan fingerprint density at radius 2 is 1.93 bits per heavy atom. The summed E-state index contributed by atoms with van der Waals surface area (Å²) in [6.45, 7) is 0.600. The predicted octanol–water partition coefficient (Wildman–Crippen LogP) is 4.55. The zero-order valence-corrected chi connectivity index (χ0v) is 16.8. The largest absolute Gasteiger partial charge is 0.487 e. The number of amides is 1. The average Bonchev–Trinajstić information content (AvgIpc) is 3.46. The molecule has 4 rings (SSSR count). The number of ether oxygens (including phenoxy) is 1. The maximum atomic E-state index is 12.9. The van der Waals surface area contributed by atoms with Crippen LogP contribution in [0.3, 0.4) is 0 Å². The van der Waals surface area contributed by atoms with Crippen LogP contribution < -0.4 is 15.8 Å². The van der Waals surface area contributed by atoms with Crippen LogP contribution in [0.5, 0.6) is 5.75 Å². The third kappa shape index (κ3) is 4.27. The molecule has 148 valence electrons. The van der Waals surface area contributed by atoms with Crippen LogP contribution in [0, 0.1) is 5.92 Å². The van der Waals surface area contributed by atoms with Crippen molar-refractivity contribution in [2.24, 2.45) is 11.7 Å². The number of para-hydroxylation sites is 2. The van der Waals surface area contributed by atoms with Crippen LogP contribution in [0.1, 0.15) is 29.0 Å². The normalized spacial score (nSPS) is 14.4. The molecule has 3 N–H and O–H groups in total. The zero-order chi connectivity index (χ0) is 18.8.